The van der Waals surface area contributed by atoms with E-state index in [9.17, 15) is 14.7 Å². The second-order valence-corrected chi connectivity index (χ2v) is 4.49. The van der Waals surface area contributed by atoms with Gasteiger partial charge in [0.1, 0.15) is 0 Å². The van der Waals surface area contributed by atoms with Crippen LogP contribution in [0, 0.1) is 5.92 Å². The monoisotopic (exact) mass is 226 g/mol. The molecular formula is C11H18N2O3. The molecule has 0 aliphatic rings. The average molecular weight is 226 g/mol. The quantitative estimate of drug-likeness (QED) is 0.811. The van der Waals surface area contributed by atoms with Crippen LogP contribution in [0.5, 0.6) is 5.88 Å². The number of aromatic hydroxyl groups is 1. The number of nitrogens with zero attached hydrogens (tertiary/aromatic N) is 1. The van der Waals surface area contributed by atoms with Gasteiger partial charge in [-0.1, -0.05) is 13.8 Å². The number of hydrogen-bond donors (Lipinski definition) is 2. The summed E-state index contributed by atoms with van der Waals surface area (Å²) in [5, 5.41) is 9.55. The van der Waals surface area contributed by atoms with Crippen molar-refractivity contribution < 1.29 is 5.11 Å². The first-order valence-corrected chi connectivity index (χ1v) is 5.46. The van der Waals surface area contributed by atoms with E-state index in [2.05, 4.69) is 18.8 Å². The Labute approximate surface area is 93.8 Å². The van der Waals surface area contributed by atoms with E-state index >= 15 is 0 Å². The van der Waals surface area contributed by atoms with Gasteiger partial charge in [0.05, 0.1) is 6.07 Å². The van der Waals surface area contributed by atoms with Gasteiger partial charge in [0.25, 0.3) is 5.56 Å². The molecule has 2 N–H and O–H groups in total. The molecule has 1 heterocycles. The highest BCUT2D eigenvalue weighted by Gasteiger charge is 2.12. The Hall–Kier alpha value is -1.52. The predicted molar refractivity (Wildman–Crippen MR) is 61.8 cm³/mol. The van der Waals surface area contributed by atoms with Gasteiger partial charge >= 0.3 is 5.69 Å². The molecule has 0 spiro atoms. The van der Waals surface area contributed by atoms with E-state index in [1.54, 1.807) is 0 Å². The van der Waals surface area contributed by atoms with Gasteiger partial charge in [0, 0.05) is 6.04 Å². The summed E-state index contributed by atoms with van der Waals surface area (Å²) in [5.41, 5.74) is -1.13. The second-order valence-electron chi connectivity index (χ2n) is 4.49. The molecule has 0 saturated carbocycles. The molecule has 1 unspecified atom stereocenters. The van der Waals surface area contributed by atoms with Gasteiger partial charge in [-0.3, -0.25) is 14.3 Å². The van der Waals surface area contributed by atoms with Crippen LogP contribution in [0.2, 0.25) is 0 Å². The zero-order valence-corrected chi connectivity index (χ0v) is 9.86. The van der Waals surface area contributed by atoms with E-state index in [0.717, 1.165) is 18.9 Å². The average Bonchev–Trinajstić information content (AvgIpc) is 2.12. The number of nitrogens with one attached hydrogen (secondary N) is 1. The molecule has 5 nitrogen and oxygen atoms in total. The molecule has 1 atom stereocenters. The van der Waals surface area contributed by atoms with Crippen LogP contribution in [-0.2, 0) is 0 Å². The Morgan fingerprint density at radius 1 is 1.31 bits per heavy atom. The summed E-state index contributed by atoms with van der Waals surface area (Å²) < 4.78 is 1.21. The molecule has 0 saturated heterocycles. The molecule has 0 amide bonds. The van der Waals surface area contributed by atoms with Crippen LogP contribution in [0.1, 0.15) is 39.7 Å². The number of H-pyrrole nitrogens is 1. The van der Waals surface area contributed by atoms with E-state index in [4.69, 9.17) is 0 Å². The van der Waals surface area contributed by atoms with Crippen molar-refractivity contribution in [3.8, 4) is 5.88 Å². The molecule has 0 radical (unpaired) electrons. The van der Waals surface area contributed by atoms with Crippen LogP contribution < -0.4 is 11.2 Å². The molecule has 0 aliphatic carbocycles. The zero-order chi connectivity index (χ0) is 12.3. The van der Waals surface area contributed by atoms with Gasteiger partial charge < -0.3 is 5.11 Å². The minimum Gasteiger partial charge on any atom is -0.494 e. The fourth-order valence-electron chi connectivity index (χ4n) is 1.62. The molecule has 0 aromatic carbocycles. The highest BCUT2D eigenvalue weighted by Crippen LogP contribution is 2.18. The van der Waals surface area contributed by atoms with Crippen molar-refractivity contribution in [3.05, 3.63) is 26.9 Å². The summed E-state index contributed by atoms with van der Waals surface area (Å²) in [7, 11) is 0. The summed E-state index contributed by atoms with van der Waals surface area (Å²) in [5.74, 6) is 0.271. The summed E-state index contributed by atoms with van der Waals surface area (Å²) in [6.07, 6.45) is 1.75. The van der Waals surface area contributed by atoms with Crippen LogP contribution in [-0.4, -0.2) is 14.7 Å². The summed E-state index contributed by atoms with van der Waals surface area (Å²) in [6.45, 7) is 6.05. The maximum atomic E-state index is 11.5. The van der Waals surface area contributed by atoms with Gasteiger partial charge in [-0.25, -0.2) is 4.79 Å². The summed E-state index contributed by atoms with van der Waals surface area (Å²) in [6, 6.07) is 0.902. The number of rotatable bonds is 4. The number of hydrogen-bond acceptors (Lipinski definition) is 3. The van der Waals surface area contributed by atoms with Crippen molar-refractivity contribution in [1.29, 1.82) is 0 Å². The third-order valence-electron chi connectivity index (χ3n) is 2.56. The van der Waals surface area contributed by atoms with E-state index in [-0.39, 0.29) is 11.9 Å². The Bertz CT molecular complexity index is 459. The third-order valence-corrected chi connectivity index (χ3v) is 2.56. The van der Waals surface area contributed by atoms with Gasteiger partial charge in [-0.15, -0.1) is 0 Å². The van der Waals surface area contributed by atoms with Crippen molar-refractivity contribution >= 4 is 0 Å². The van der Waals surface area contributed by atoms with Crippen molar-refractivity contribution in [2.75, 3.05) is 0 Å². The largest absolute Gasteiger partial charge is 0.494 e. The lowest BCUT2D eigenvalue weighted by Crippen LogP contribution is -2.31. The molecular weight excluding hydrogens is 208 g/mol. The van der Waals surface area contributed by atoms with E-state index < -0.39 is 11.2 Å². The number of aromatic amines is 1. The standard InChI is InChI=1S/C11H18N2O3/c1-7(2)4-5-8(3)13-10(15)6-9(14)12-11(13)16/h6-8,15H,4-5H2,1-3H3,(H,12,14,16). The summed E-state index contributed by atoms with van der Waals surface area (Å²) >= 11 is 0. The lowest BCUT2D eigenvalue weighted by molar-refractivity contribution is 0.348. The number of aromatic nitrogens is 2. The van der Waals surface area contributed by atoms with Gasteiger partial charge in [-0.2, -0.15) is 0 Å². The highest BCUT2D eigenvalue weighted by molar-refractivity contribution is 5.07. The first kappa shape index (κ1) is 12.5. The maximum absolute atomic E-state index is 11.5. The second kappa shape index (κ2) is 5.01. The zero-order valence-electron chi connectivity index (χ0n) is 9.86. The summed E-state index contributed by atoms with van der Waals surface area (Å²) in [4.78, 5) is 24.6. The normalized spacial score (nSPS) is 13.0. The van der Waals surface area contributed by atoms with E-state index in [0.29, 0.717) is 5.92 Å². The van der Waals surface area contributed by atoms with E-state index in [1.807, 2.05) is 6.92 Å². The molecule has 5 heteroatoms. The van der Waals surface area contributed by atoms with Crippen molar-refractivity contribution in [3.63, 3.8) is 0 Å². The molecule has 0 bridgehead atoms. The van der Waals surface area contributed by atoms with Gasteiger partial charge in [-0.05, 0) is 25.7 Å². The lowest BCUT2D eigenvalue weighted by atomic mass is 10.0. The minimum atomic E-state index is -0.574. The Morgan fingerprint density at radius 3 is 2.44 bits per heavy atom. The first-order chi connectivity index (χ1) is 7.41. The fraction of sp³-hybridized carbons (Fsp3) is 0.636. The third kappa shape index (κ3) is 2.98. The Morgan fingerprint density at radius 2 is 1.94 bits per heavy atom. The Balaban J connectivity index is 2.95. The van der Waals surface area contributed by atoms with Crippen LogP contribution >= 0.6 is 0 Å². The predicted octanol–water partition coefficient (Wildman–Crippen LogP) is 1.24. The molecule has 1 aromatic rings. The van der Waals surface area contributed by atoms with Crippen molar-refractivity contribution in [2.45, 2.75) is 39.7 Å². The molecule has 1 rings (SSSR count). The fourth-order valence-corrected chi connectivity index (χ4v) is 1.62. The molecule has 1 aromatic heterocycles. The maximum Gasteiger partial charge on any atom is 0.331 e. The molecule has 0 fully saturated rings. The lowest BCUT2D eigenvalue weighted by Gasteiger charge is -2.16. The Kier molecular flexibility index (Phi) is 3.93. The minimum absolute atomic E-state index is 0.119. The van der Waals surface area contributed by atoms with Crippen LogP contribution in [0.3, 0.4) is 0 Å². The molecule has 90 valence electrons. The van der Waals surface area contributed by atoms with Gasteiger partial charge in [0.2, 0.25) is 5.88 Å². The highest BCUT2D eigenvalue weighted by atomic mass is 16.3. The SMILES string of the molecule is CC(C)CCC(C)n1c(O)cc(=O)[nH]c1=O. The van der Waals surface area contributed by atoms with Crippen molar-refractivity contribution in [1.82, 2.24) is 9.55 Å². The topological polar surface area (TPSA) is 75.1 Å². The van der Waals surface area contributed by atoms with Crippen molar-refractivity contribution in [2.24, 2.45) is 5.92 Å². The molecule has 0 aliphatic heterocycles. The van der Waals surface area contributed by atoms with Crippen LogP contribution in [0.25, 0.3) is 0 Å². The molecule has 16 heavy (non-hydrogen) atoms. The van der Waals surface area contributed by atoms with Crippen LogP contribution in [0.4, 0.5) is 0 Å². The van der Waals surface area contributed by atoms with Crippen LogP contribution in [0.15, 0.2) is 15.7 Å². The van der Waals surface area contributed by atoms with Gasteiger partial charge in [0.15, 0.2) is 0 Å². The van der Waals surface area contributed by atoms with E-state index in [1.165, 1.54) is 4.57 Å². The smallest absolute Gasteiger partial charge is 0.331 e. The first-order valence-electron chi connectivity index (χ1n) is 5.46.